The molecule has 0 aliphatic rings. The molecule has 0 fully saturated rings. The summed E-state index contributed by atoms with van der Waals surface area (Å²) in [5.41, 5.74) is 6.56. The van der Waals surface area contributed by atoms with Gasteiger partial charge in [0.25, 0.3) is 5.91 Å². The summed E-state index contributed by atoms with van der Waals surface area (Å²) >= 11 is 1.57. The Morgan fingerprint density at radius 1 is 1.38 bits per heavy atom. The van der Waals surface area contributed by atoms with Crippen molar-refractivity contribution in [2.75, 3.05) is 12.3 Å². The van der Waals surface area contributed by atoms with Gasteiger partial charge in [-0.3, -0.25) is 4.79 Å². The van der Waals surface area contributed by atoms with E-state index >= 15 is 0 Å². The summed E-state index contributed by atoms with van der Waals surface area (Å²) in [6.45, 7) is 0.785. The van der Waals surface area contributed by atoms with Crippen molar-refractivity contribution in [1.29, 1.82) is 0 Å². The van der Waals surface area contributed by atoms with Crippen LogP contribution in [-0.2, 0) is 12.3 Å². The topological polar surface area (TPSA) is 68.3 Å². The van der Waals surface area contributed by atoms with Gasteiger partial charge in [0.1, 0.15) is 17.8 Å². The molecule has 21 heavy (non-hydrogen) atoms. The molecule has 3 N–H and O–H groups in total. The molecule has 2 aromatic rings. The van der Waals surface area contributed by atoms with Crippen molar-refractivity contribution in [3.63, 3.8) is 0 Å². The first-order valence-corrected chi connectivity index (χ1v) is 7.73. The Hall–Kier alpha value is -1.79. The van der Waals surface area contributed by atoms with E-state index in [-0.39, 0.29) is 18.3 Å². The lowest BCUT2D eigenvalue weighted by Crippen LogP contribution is -2.25. The zero-order valence-electron chi connectivity index (χ0n) is 11.5. The van der Waals surface area contributed by atoms with Crippen molar-refractivity contribution in [3.8, 4) is 0 Å². The van der Waals surface area contributed by atoms with E-state index in [0.717, 1.165) is 0 Å². The maximum Gasteiger partial charge on any atom is 0.254 e. The summed E-state index contributed by atoms with van der Waals surface area (Å²) in [7, 11) is 0. The lowest BCUT2D eigenvalue weighted by Gasteiger charge is -2.04. The number of nitrogens with two attached hydrogens (primary N) is 1. The van der Waals surface area contributed by atoms with Crippen LogP contribution in [0.5, 0.6) is 0 Å². The fourth-order valence-electron chi connectivity index (χ4n) is 1.74. The van der Waals surface area contributed by atoms with Crippen LogP contribution in [-0.4, -0.2) is 18.2 Å². The lowest BCUT2D eigenvalue weighted by atomic mass is 10.2. The highest BCUT2D eigenvalue weighted by Crippen LogP contribution is 2.14. The summed E-state index contributed by atoms with van der Waals surface area (Å²) in [6, 6.07) is 8.33. The first-order chi connectivity index (χ1) is 10.2. The van der Waals surface area contributed by atoms with Crippen LogP contribution < -0.4 is 11.1 Å². The Bertz CT molecular complexity index is 601. The third kappa shape index (κ3) is 4.61. The van der Waals surface area contributed by atoms with Crippen LogP contribution in [0.2, 0.25) is 0 Å². The number of hydrogen-bond donors (Lipinski definition) is 2. The van der Waals surface area contributed by atoms with Gasteiger partial charge in [-0.15, -0.1) is 0 Å². The van der Waals surface area contributed by atoms with Gasteiger partial charge < -0.3 is 15.5 Å². The van der Waals surface area contributed by atoms with Crippen LogP contribution in [0.1, 0.15) is 21.7 Å². The zero-order valence-corrected chi connectivity index (χ0v) is 12.3. The van der Waals surface area contributed by atoms with E-state index < -0.39 is 0 Å². The monoisotopic (exact) mass is 308 g/mol. The van der Waals surface area contributed by atoms with Gasteiger partial charge in [0, 0.05) is 18.1 Å². The molecule has 6 heteroatoms. The number of hydrogen-bond acceptors (Lipinski definition) is 4. The van der Waals surface area contributed by atoms with Crippen molar-refractivity contribution >= 4 is 17.7 Å². The molecule has 0 unspecified atom stereocenters. The molecule has 0 bridgehead atoms. The number of carbonyl (C=O) groups excluding carboxylic acids is 1. The van der Waals surface area contributed by atoms with Gasteiger partial charge >= 0.3 is 0 Å². The maximum atomic E-state index is 13.4. The summed E-state index contributed by atoms with van der Waals surface area (Å²) in [5.74, 6) is 1.49. The molecular formula is C15H17FN2O2S. The van der Waals surface area contributed by atoms with Crippen molar-refractivity contribution in [1.82, 2.24) is 5.32 Å². The second-order valence-electron chi connectivity index (χ2n) is 4.41. The number of halogens is 1. The molecule has 1 aromatic carbocycles. The van der Waals surface area contributed by atoms with Gasteiger partial charge in [0.15, 0.2) is 0 Å². The molecule has 4 nitrogen and oxygen atoms in total. The number of nitrogens with one attached hydrogen (secondary N) is 1. The first-order valence-electron chi connectivity index (χ1n) is 6.57. The normalized spacial score (nSPS) is 10.6. The summed E-state index contributed by atoms with van der Waals surface area (Å²) < 4.78 is 18.5. The van der Waals surface area contributed by atoms with E-state index in [0.29, 0.717) is 34.9 Å². The number of thioether (sulfide) groups is 1. The van der Waals surface area contributed by atoms with E-state index in [1.165, 1.54) is 12.3 Å². The summed E-state index contributed by atoms with van der Waals surface area (Å²) in [6.07, 6.45) is 1.39. The van der Waals surface area contributed by atoms with Crippen molar-refractivity contribution in [2.24, 2.45) is 5.73 Å². The van der Waals surface area contributed by atoms with Gasteiger partial charge in [-0.05, 0) is 17.7 Å². The second kappa shape index (κ2) is 7.85. The van der Waals surface area contributed by atoms with Gasteiger partial charge in [-0.2, -0.15) is 11.8 Å². The summed E-state index contributed by atoms with van der Waals surface area (Å²) in [5, 5.41) is 2.78. The van der Waals surface area contributed by atoms with Crippen molar-refractivity contribution < 1.29 is 13.6 Å². The minimum atomic E-state index is -0.193. The minimum Gasteiger partial charge on any atom is -0.467 e. The third-order valence-electron chi connectivity index (χ3n) is 2.86. The van der Waals surface area contributed by atoms with E-state index in [4.69, 9.17) is 10.2 Å². The number of amides is 1. The van der Waals surface area contributed by atoms with Crippen molar-refractivity contribution in [3.05, 3.63) is 59.3 Å². The van der Waals surface area contributed by atoms with Crippen LogP contribution in [0.25, 0.3) is 0 Å². The smallest absolute Gasteiger partial charge is 0.254 e. The average Bonchev–Trinajstić information content (AvgIpc) is 2.97. The number of furan rings is 1. The first kappa shape index (κ1) is 15.6. The molecule has 1 heterocycles. The Labute approximate surface area is 126 Å². The molecule has 112 valence electrons. The number of benzene rings is 1. The van der Waals surface area contributed by atoms with Crippen LogP contribution in [0.4, 0.5) is 4.39 Å². The van der Waals surface area contributed by atoms with Gasteiger partial charge in [-0.25, -0.2) is 4.39 Å². The molecule has 0 spiro atoms. The van der Waals surface area contributed by atoms with Crippen LogP contribution in [0.15, 0.2) is 41.0 Å². The standard InChI is InChI=1S/C15H17FN2O2S/c16-14-4-2-1-3-11(14)10-21-6-5-18-15(19)12-7-13(8-17)20-9-12/h1-4,7,9H,5-6,8,10,17H2,(H,18,19). The van der Waals surface area contributed by atoms with Crippen LogP contribution in [0, 0.1) is 5.82 Å². The highest BCUT2D eigenvalue weighted by molar-refractivity contribution is 7.98. The fraction of sp³-hybridized carbons (Fsp3) is 0.267. The molecule has 0 atom stereocenters. The van der Waals surface area contributed by atoms with E-state index in [2.05, 4.69) is 5.32 Å². The number of rotatable bonds is 7. The Balaban J connectivity index is 1.68. The SMILES string of the molecule is NCc1cc(C(=O)NCCSCc2ccccc2F)co1. The molecule has 0 saturated carbocycles. The molecule has 0 saturated heterocycles. The zero-order chi connectivity index (χ0) is 15.1. The molecule has 0 radical (unpaired) electrons. The molecular weight excluding hydrogens is 291 g/mol. The molecule has 1 aromatic heterocycles. The predicted octanol–water partition coefficient (Wildman–Crippen LogP) is 2.54. The van der Waals surface area contributed by atoms with Gasteiger partial charge in [0.2, 0.25) is 0 Å². The van der Waals surface area contributed by atoms with Crippen LogP contribution >= 0.6 is 11.8 Å². The van der Waals surface area contributed by atoms with E-state index in [1.54, 1.807) is 30.0 Å². The molecule has 1 amide bonds. The molecule has 0 aliphatic heterocycles. The number of carbonyl (C=O) groups is 1. The van der Waals surface area contributed by atoms with Gasteiger partial charge in [-0.1, -0.05) is 18.2 Å². The minimum absolute atomic E-state index is 0.190. The quantitative estimate of drug-likeness (QED) is 0.771. The van der Waals surface area contributed by atoms with Crippen molar-refractivity contribution in [2.45, 2.75) is 12.3 Å². The highest BCUT2D eigenvalue weighted by Gasteiger charge is 2.08. The largest absolute Gasteiger partial charge is 0.467 e. The fourth-order valence-corrected chi connectivity index (χ4v) is 2.59. The maximum absolute atomic E-state index is 13.4. The third-order valence-corrected chi connectivity index (χ3v) is 3.87. The Morgan fingerprint density at radius 2 is 2.19 bits per heavy atom. The highest BCUT2D eigenvalue weighted by atomic mass is 32.2. The van der Waals surface area contributed by atoms with E-state index in [9.17, 15) is 9.18 Å². The predicted molar refractivity (Wildman–Crippen MR) is 81.5 cm³/mol. The molecule has 2 rings (SSSR count). The Morgan fingerprint density at radius 3 is 2.90 bits per heavy atom. The Kier molecular flexibility index (Phi) is 5.83. The van der Waals surface area contributed by atoms with Gasteiger partial charge in [0.05, 0.1) is 12.1 Å². The lowest BCUT2D eigenvalue weighted by molar-refractivity contribution is 0.0955. The summed E-state index contributed by atoms with van der Waals surface area (Å²) in [4.78, 5) is 11.8. The molecule has 0 aliphatic carbocycles. The second-order valence-corrected chi connectivity index (χ2v) is 5.51. The average molecular weight is 308 g/mol. The van der Waals surface area contributed by atoms with E-state index in [1.807, 2.05) is 6.07 Å². The van der Waals surface area contributed by atoms with Crippen LogP contribution in [0.3, 0.4) is 0 Å².